The average Bonchev–Trinajstić information content (AvgIpc) is 2.92. The molecule has 108 valence electrons. The lowest BCUT2D eigenvalue weighted by Crippen LogP contribution is -2.27. The van der Waals surface area contributed by atoms with Gasteiger partial charge < -0.3 is 5.73 Å². The van der Waals surface area contributed by atoms with Gasteiger partial charge in [-0.1, -0.05) is 6.07 Å². The van der Waals surface area contributed by atoms with E-state index in [0.717, 1.165) is 6.07 Å². The van der Waals surface area contributed by atoms with Gasteiger partial charge in [0.15, 0.2) is 0 Å². The summed E-state index contributed by atoms with van der Waals surface area (Å²) in [5, 5.41) is 6.33. The Balaban J connectivity index is 2.31. The van der Waals surface area contributed by atoms with Crippen LogP contribution in [0.15, 0.2) is 35.5 Å². The van der Waals surface area contributed by atoms with E-state index in [4.69, 9.17) is 5.73 Å². The summed E-state index contributed by atoms with van der Waals surface area (Å²) in [7, 11) is -3.97. The molecule has 2 aromatic rings. The number of rotatable bonds is 5. The molecule has 1 aromatic heterocycles. The zero-order valence-corrected chi connectivity index (χ0v) is 11.6. The lowest BCUT2D eigenvalue weighted by atomic mass is 10.2. The number of aromatic amines is 1. The second kappa shape index (κ2) is 5.70. The van der Waals surface area contributed by atoms with Crippen molar-refractivity contribution in [2.75, 3.05) is 0 Å². The third-order valence-corrected chi connectivity index (χ3v) is 4.43. The number of H-pyrrole nitrogens is 1. The van der Waals surface area contributed by atoms with Crippen molar-refractivity contribution in [2.45, 2.75) is 24.4 Å². The van der Waals surface area contributed by atoms with Crippen LogP contribution in [0.25, 0.3) is 0 Å². The predicted octanol–water partition coefficient (Wildman–Crippen LogP) is 1.05. The van der Waals surface area contributed by atoms with Crippen molar-refractivity contribution >= 4 is 10.0 Å². The number of nitrogens with one attached hydrogen (secondary N) is 2. The highest BCUT2D eigenvalue weighted by Gasteiger charge is 2.22. The molecule has 1 unspecified atom stereocenters. The molecule has 0 aliphatic rings. The molecule has 0 saturated carbocycles. The SMILES string of the molecule is CC(NS(=O)(=O)c1cc(CN)ccc1F)c1cn[nH]c1. The van der Waals surface area contributed by atoms with Crippen molar-refractivity contribution in [1.82, 2.24) is 14.9 Å². The van der Waals surface area contributed by atoms with E-state index in [2.05, 4.69) is 14.9 Å². The third-order valence-electron chi connectivity index (χ3n) is 2.87. The molecule has 0 spiro atoms. The Kier molecular flexibility index (Phi) is 4.17. The molecule has 0 amide bonds. The van der Waals surface area contributed by atoms with Crippen molar-refractivity contribution in [3.63, 3.8) is 0 Å². The first kappa shape index (κ1) is 14.6. The summed E-state index contributed by atoms with van der Waals surface area (Å²) < 4.78 is 40.5. The van der Waals surface area contributed by atoms with Gasteiger partial charge in [-0.3, -0.25) is 5.10 Å². The van der Waals surface area contributed by atoms with Gasteiger partial charge in [-0.25, -0.2) is 17.5 Å². The summed E-state index contributed by atoms with van der Waals surface area (Å²) in [6, 6.07) is 3.26. The van der Waals surface area contributed by atoms with Gasteiger partial charge >= 0.3 is 0 Å². The van der Waals surface area contributed by atoms with Gasteiger partial charge in [-0.05, 0) is 24.6 Å². The van der Waals surface area contributed by atoms with Gasteiger partial charge in [0, 0.05) is 24.3 Å². The number of hydrogen-bond acceptors (Lipinski definition) is 4. The summed E-state index contributed by atoms with van der Waals surface area (Å²) in [6.45, 7) is 1.78. The van der Waals surface area contributed by atoms with Crippen LogP contribution in [0.4, 0.5) is 4.39 Å². The zero-order chi connectivity index (χ0) is 14.8. The quantitative estimate of drug-likeness (QED) is 0.768. The van der Waals surface area contributed by atoms with Gasteiger partial charge in [-0.2, -0.15) is 5.10 Å². The van der Waals surface area contributed by atoms with Crippen LogP contribution in [0.1, 0.15) is 24.1 Å². The highest BCUT2D eigenvalue weighted by Crippen LogP contribution is 2.19. The molecule has 1 atom stereocenters. The molecule has 8 heteroatoms. The lowest BCUT2D eigenvalue weighted by Gasteiger charge is -2.13. The van der Waals surface area contributed by atoms with Crippen molar-refractivity contribution in [3.05, 3.63) is 47.5 Å². The summed E-state index contributed by atoms with van der Waals surface area (Å²) >= 11 is 0. The van der Waals surface area contributed by atoms with E-state index in [0.29, 0.717) is 11.1 Å². The maximum Gasteiger partial charge on any atom is 0.244 e. The first-order valence-corrected chi connectivity index (χ1v) is 7.42. The van der Waals surface area contributed by atoms with Gasteiger partial charge in [0.2, 0.25) is 10.0 Å². The topological polar surface area (TPSA) is 101 Å². The van der Waals surface area contributed by atoms with E-state index in [1.54, 1.807) is 13.1 Å². The van der Waals surface area contributed by atoms with Crippen molar-refractivity contribution in [3.8, 4) is 0 Å². The first-order valence-electron chi connectivity index (χ1n) is 5.93. The van der Waals surface area contributed by atoms with Crippen LogP contribution in [0.2, 0.25) is 0 Å². The van der Waals surface area contributed by atoms with E-state index < -0.39 is 26.8 Å². The number of sulfonamides is 1. The fourth-order valence-electron chi connectivity index (χ4n) is 1.74. The van der Waals surface area contributed by atoms with E-state index >= 15 is 0 Å². The minimum atomic E-state index is -3.97. The minimum absolute atomic E-state index is 0.139. The Morgan fingerprint density at radius 2 is 2.25 bits per heavy atom. The molecule has 2 rings (SSSR count). The molecule has 4 N–H and O–H groups in total. The van der Waals surface area contributed by atoms with Crippen molar-refractivity contribution in [1.29, 1.82) is 0 Å². The molecule has 0 saturated heterocycles. The minimum Gasteiger partial charge on any atom is -0.326 e. The summed E-state index contributed by atoms with van der Waals surface area (Å²) in [6.07, 6.45) is 3.07. The molecule has 0 bridgehead atoms. The van der Waals surface area contributed by atoms with Crippen LogP contribution < -0.4 is 10.5 Å². The summed E-state index contributed by atoms with van der Waals surface area (Å²) in [5.74, 6) is -0.811. The summed E-state index contributed by atoms with van der Waals surface area (Å²) in [4.78, 5) is -0.407. The monoisotopic (exact) mass is 298 g/mol. The van der Waals surface area contributed by atoms with Gasteiger partial charge in [0.05, 0.1) is 6.20 Å². The molecule has 6 nitrogen and oxygen atoms in total. The standard InChI is InChI=1S/C12H15FN4O2S/c1-8(10-6-15-16-7-10)17-20(18,19)12-4-9(5-14)2-3-11(12)13/h2-4,6-8,17H,5,14H2,1H3,(H,15,16). The molecule has 20 heavy (non-hydrogen) atoms. The predicted molar refractivity (Wildman–Crippen MR) is 71.6 cm³/mol. The molecule has 0 fully saturated rings. The van der Waals surface area contributed by atoms with E-state index in [1.807, 2.05) is 0 Å². The second-order valence-corrected chi connectivity index (χ2v) is 6.03. The average molecular weight is 298 g/mol. The first-order chi connectivity index (χ1) is 9.44. The Morgan fingerprint density at radius 1 is 1.50 bits per heavy atom. The maximum absolute atomic E-state index is 13.7. The number of halogens is 1. The Morgan fingerprint density at radius 3 is 2.85 bits per heavy atom. The number of benzene rings is 1. The Labute approximate surface area is 116 Å². The number of aromatic nitrogens is 2. The van der Waals surface area contributed by atoms with Crippen LogP contribution in [0.3, 0.4) is 0 Å². The second-order valence-electron chi connectivity index (χ2n) is 4.34. The van der Waals surface area contributed by atoms with Crippen molar-refractivity contribution < 1.29 is 12.8 Å². The van der Waals surface area contributed by atoms with Crippen LogP contribution in [0, 0.1) is 5.82 Å². The van der Waals surface area contributed by atoms with Gasteiger partial charge in [0.1, 0.15) is 10.7 Å². The van der Waals surface area contributed by atoms with Crippen LogP contribution in [-0.4, -0.2) is 18.6 Å². The number of nitrogens with zero attached hydrogens (tertiary/aromatic N) is 1. The highest BCUT2D eigenvalue weighted by molar-refractivity contribution is 7.89. The molecule has 1 heterocycles. The Bertz CT molecular complexity index is 685. The zero-order valence-electron chi connectivity index (χ0n) is 10.8. The Hall–Kier alpha value is -1.77. The smallest absolute Gasteiger partial charge is 0.244 e. The molecule has 0 radical (unpaired) electrons. The van der Waals surface area contributed by atoms with Gasteiger partial charge in [-0.15, -0.1) is 0 Å². The molecule has 0 aliphatic carbocycles. The molecule has 0 aliphatic heterocycles. The van der Waals surface area contributed by atoms with Crippen molar-refractivity contribution in [2.24, 2.45) is 5.73 Å². The molecular weight excluding hydrogens is 283 g/mol. The lowest BCUT2D eigenvalue weighted by molar-refractivity contribution is 0.546. The number of nitrogens with two attached hydrogens (primary N) is 1. The third kappa shape index (κ3) is 3.03. The van der Waals surface area contributed by atoms with E-state index in [-0.39, 0.29) is 6.54 Å². The van der Waals surface area contributed by atoms with Crippen LogP contribution in [0.5, 0.6) is 0 Å². The normalized spacial score (nSPS) is 13.3. The molecular formula is C12H15FN4O2S. The van der Waals surface area contributed by atoms with Crippen LogP contribution in [-0.2, 0) is 16.6 Å². The van der Waals surface area contributed by atoms with E-state index in [1.165, 1.54) is 18.3 Å². The summed E-state index contributed by atoms with van der Waals surface area (Å²) in [5.41, 5.74) is 6.64. The molecule has 1 aromatic carbocycles. The number of hydrogen-bond donors (Lipinski definition) is 3. The van der Waals surface area contributed by atoms with E-state index in [9.17, 15) is 12.8 Å². The highest BCUT2D eigenvalue weighted by atomic mass is 32.2. The fourth-order valence-corrected chi connectivity index (χ4v) is 3.10. The largest absolute Gasteiger partial charge is 0.326 e. The fraction of sp³-hybridized carbons (Fsp3) is 0.250. The van der Waals surface area contributed by atoms with Gasteiger partial charge in [0.25, 0.3) is 0 Å². The maximum atomic E-state index is 13.7. The van der Waals surface area contributed by atoms with Crippen LogP contribution >= 0.6 is 0 Å².